The molecule has 0 bridgehead atoms. The number of ether oxygens (including phenoxy) is 2. The van der Waals surface area contributed by atoms with Crippen LogP contribution in [0.4, 0.5) is 5.69 Å². The molecule has 7 heteroatoms. The van der Waals surface area contributed by atoms with Crippen LogP contribution in [0.3, 0.4) is 0 Å². The Labute approximate surface area is 170 Å². The molecule has 0 saturated carbocycles. The first kappa shape index (κ1) is 20.5. The fraction of sp³-hybridized carbons (Fsp3) is 0.318. The lowest BCUT2D eigenvalue weighted by Gasteiger charge is -2.09. The highest BCUT2D eigenvalue weighted by Crippen LogP contribution is 2.27. The minimum Gasteiger partial charge on any atom is -0.462 e. The molecule has 0 aliphatic rings. The van der Waals surface area contributed by atoms with Gasteiger partial charge in [-0.2, -0.15) is 4.98 Å². The summed E-state index contributed by atoms with van der Waals surface area (Å²) in [5.74, 6) is 0.878. The first-order valence-electron chi connectivity index (χ1n) is 9.53. The lowest BCUT2D eigenvalue weighted by Crippen LogP contribution is -2.17. The molecule has 0 spiro atoms. The number of carbonyl (C=O) groups is 1. The molecule has 152 valence electrons. The van der Waals surface area contributed by atoms with Gasteiger partial charge in [0, 0.05) is 18.4 Å². The lowest BCUT2D eigenvalue weighted by molar-refractivity contribution is -0.119. The summed E-state index contributed by atoms with van der Waals surface area (Å²) < 4.78 is 12.4. The molecule has 0 unspecified atom stereocenters. The van der Waals surface area contributed by atoms with Crippen molar-refractivity contribution in [1.82, 2.24) is 14.8 Å². The van der Waals surface area contributed by atoms with Crippen LogP contribution >= 0.6 is 0 Å². The van der Waals surface area contributed by atoms with Gasteiger partial charge in [0.15, 0.2) is 5.82 Å². The summed E-state index contributed by atoms with van der Waals surface area (Å²) in [4.78, 5) is 16.3. The molecule has 29 heavy (non-hydrogen) atoms. The first-order chi connectivity index (χ1) is 14.0. The minimum absolute atomic E-state index is 0.0127. The van der Waals surface area contributed by atoms with Crippen molar-refractivity contribution in [2.75, 3.05) is 25.6 Å². The molecular formula is C22H26N4O3. The van der Waals surface area contributed by atoms with Gasteiger partial charge in [0.25, 0.3) is 0 Å². The molecule has 0 radical (unpaired) electrons. The first-order valence-corrected chi connectivity index (χ1v) is 9.53. The number of carbonyl (C=O) groups excluding carboxylic acids is 1. The smallest absolute Gasteiger partial charge is 0.336 e. The normalized spacial score (nSPS) is 10.9. The molecule has 0 aliphatic carbocycles. The van der Waals surface area contributed by atoms with Crippen LogP contribution in [0.5, 0.6) is 6.01 Å². The SMILES string of the molecule is COCC(=O)Nc1ccc(-n2nc(OCC(C)C)nc2-c2ccccc2C)cc1. The number of hydrogen-bond acceptors (Lipinski definition) is 5. The number of aryl methyl sites for hydroxylation is 1. The van der Waals surface area contributed by atoms with Crippen LogP contribution < -0.4 is 10.1 Å². The van der Waals surface area contributed by atoms with E-state index in [0.29, 0.717) is 30.0 Å². The van der Waals surface area contributed by atoms with Crippen molar-refractivity contribution >= 4 is 11.6 Å². The van der Waals surface area contributed by atoms with E-state index in [1.165, 1.54) is 7.11 Å². The number of methoxy groups -OCH3 is 1. The van der Waals surface area contributed by atoms with Crippen LogP contribution in [0.15, 0.2) is 48.5 Å². The molecule has 0 saturated heterocycles. The maximum Gasteiger partial charge on any atom is 0.336 e. The molecule has 2 aromatic carbocycles. The third-order valence-electron chi connectivity index (χ3n) is 4.19. The van der Waals surface area contributed by atoms with E-state index in [-0.39, 0.29) is 12.5 Å². The molecule has 1 heterocycles. The minimum atomic E-state index is -0.203. The number of nitrogens with one attached hydrogen (secondary N) is 1. The molecule has 7 nitrogen and oxygen atoms in total. The highest BCUT2D eigenvalue weighted by Gasteiger charge is 2.16. The predicted molar refractivity (Wildman–Crippen MR) is 112 cm³/mol. The second kappa shape index (κ2) is 9.34. The summed E-state index contributed by atoms with van der Waals surface area (Å²) >= 11 is 0. The molecule has 1 N–H and O–H groups in total. The molecule has 1 aromatic heterocycles. The van der Waals surface area contributed by atoms with E-state index >= 15 is 0 Å². The van der Waals surface area contributed by atoms with Crippen molar-refractivity contribution in [1.29, 1.82) is 0 Å². The molecule has 0 aliphatic heterocycles. The number of rotatable bonds is 8. The van der Waals surface area contributed by atoms with E-state index in [0.717, 1.165) is 16.8 Å². The van der Waals surface area contributed by atoms with Crippen LogP contribution in [0.25, 0.3) is 17.1 Å². The Bertz CT molecular complexity index is 964. The monoisotopic (exact) mass is 394 g/mol. The molecule has 0 atom stereocenters. The van der Waals surface area contributed by atoms with Gasteiger partial charge in [-0.05, 0) is 42.7 Å². The summed E-state index contributed by atoms with van der Waals surface area (Å²) in [6.45, 7) is 6.75. The van der Waals surface area contributed by atoms with E-state index < -0.39 is 0 Å². The molecule has 3 aromatic rings. The Hall–Kier alpha value is -3.19. The zero-order valence-electron chi connectivity index (χ0n) is 17.2. The third kappa shape index (κ3) is 5.20. The van der Waals surface area contributed by atoms with Crippen molar-refractivity contribution in [3.05, 3.63) is 54.1 Å². The Kier molecular flexibility index (Phi) is 6.61. The van der Waals surface area contributed by atoms with Gasteiger partial charge in [-0.25, -0.2) is 4.68 Å². The Balaban J connectivity index is 1.94. The highest BCUT2D eigenvalue weighted by atomic mass is 16.5. The summed E-state index contributed by atoms with van der Waals surface area (Å²) in [5.41, 5.74) is 3.58. The average Bonchev–Trinajstić information content (AvgIpc) is 3.11. The Morgan fingerprint density at radius 1 is 1.14 bits per heavy atom. The number of amides is 1. The summed E-state index contributed by atoms with van der Waals surface area (Å²) in [7, 11) is 1.49. The Morgan fingerprint density at radius 3 is 2.52 bits per heavy atom. The average molecular weight is 394 g/mol. The molecule has 1 amide bonds. The summed E-state index contributed by atoms with van der Waals surface area (Å²) in [5, 5.41) is 7.35. The number of anilines is 1. The Morgan fingerprint density at radius 2 is 1.86 bits per heavy atom. The van der Waals surface area contributed by atoms with Crippen molar-refractivity contribution < 1.29 is 14.3 Å². The van der Waals surface area contributed by atoms with Gasteiger partial charge in [0.2, 0.25) is 5.91 Å². The maximum atomic E-state index is 11.7. The lowest BCUT2D eigenvalue weighted by atomic mass is 10.1. The van der Waals surface area contributed by atoms with Crippen molar-refractivity contribution in [2.45, 2.75) is 20.8 Å². The van der Waals surface area contributed by atoms with E-state index in [9.17, 15) is 4.79 Å². The largest absolute Gasteiger partial charge is 0.462 e. The number of benzene rings is 2. The number of hydrogen-bond donors (Lipinski definition) is 1. The number of nitrogens with zero attached hydrogens (tertiary/aromatic N) is 3. The van der Waals surface area contributed by atoms with Gasteiger partial charge < -0.3 is 14.8 Å². The predicted octanol–water partition coefficient (Wildman–Crippen LogP) is 3.86. The van der Waals surface area contributed by atoms with Gasteiger partial charge >= 0.3 is 6.01 Å². The van der Waals surface area contributed by atoms with E-state index in [4.69, 9.17) is 9.47 Å². The van der Waals surface area contributed by atoms with Crippen LogP contribution in [0.2, 0.25) is 0 Å². The van der Waals surface area contributed by atoms with Gasteiger partial charge in [0.05, 0.1) is 12.3 Å². The standard InChI is InChI=1S/C22H26N4O3/c1-15(2)13-29-22-24-21(19-8-6-5-7-16(19)3)26(25-22)18-11-9-17(10-12-18)23-20(27)14-28-4/h5-12,15H,13-14H2,1-4H3,(H,23,27). The summed E-state index contributed by atoms with van der Waals surface area (Å²) in [6, 6.07) is 15.8. The number of aromatic nitrogens is 3. The van der Waals surface area contributed by atoms with Crippen LogP contribution in [-0.4, -0.2) is 41.0 Å². The second-order valence-corrected chi connectivity index (χ2v) is 7.18. The second-order valence-electron chi connectivity index (χ2n) is 7.18. The van der Waals surface area contributed by atoms with E-state index in [2.05, 4.69) is 29.2 Å². The quantitative estimate of drug-likeness (QED) is 0.628. The van der Waals surface area contributed by atoms with Crippen molar-refractivity contribution in [3.63, 3.8) is 0 Å². The topological polar surface area (TPSA) is 78.3 Å². The molecule has 3 rings (SSSR count). The fourth-order valence-electron chi connectivity index (χ4n) is 2.79. The maximum absolute atomic E-state index is 11.7. The van der Waals surface area contributed by atoms with Crippen molar-refractivity contribution in [3.8, 4) is 23.1 Å². The van der Waals surface area contributed by atoms with Gasteiger partial charge in [-0.3, -0.25) is 4.79 Å². The zero-order chi connectivity index (χ0) is 20.8. The zero-order valence-corrected chi connectivity index (χ0v) is 17.2. The molecular weight excluding hydrogens is 368 g/mol. The summed E-state index contributed by atoms with van der Waals surface area (Å²) in [6.07, 6.45) is 0. The highest BCUT2D eigenvalue weighted by molar-refractivity contribution is 5.91. The van der Waals surface area contributed by atoms with E-state index in [1.807, 2.05) is 55.5 Å². The van der Waals surface area contributed by atoms with Gasteiger partial charge in [0.1, 0.15) is 6.61 Å². The van der Waals surface area contributed by atoms with E-state index in [1.54, 1.807) is 4.68 Å². The van der Waals surface area contributed by atoms with Gasteiger partial charge in [-0.15, -0.1) is 5.10 Å². The van der Waals surface area contributed by atoms with Gasteiger partial charge in [-0.1, -0.05) is 38.1 Å². The van der Waals surface area contributed by atoms with Crippen LogP contribution in [0, 0.1) is 12.8 Å². The molecule has 0 fully saturated rings. The van der Waals surface area contributed by atoms with Crippen LogP contribution in [0.1, 0.15) is 19.4 Å². The van der Waals surface area contributed by atoms with Crippen molar-refractivity contribution in [2.24, 2.45) is 5.92 Å². The third-order valence-corrected chi connectivity index (χ3v) is 4.19. The fourth-order valence-corrected chi connectivity index (χ4v) is 2.79. The van der Waals surface area contributed by atoms with Crippen LogP contribution in [-0.2, 0) is 9.53 Å².